The Bertz CT molecular complexity index is 823. The second-order valence-corrected chi connectivity index (χ2v) is 6.49. The van der Waals surface area contributed by atoms with Gasteiger partial charge in [-0.05, 0) is 42.0 Å². The van der Waals surface area contributed by atoms with Crippen LogP contribution in [0.5, 0.6) is 11.5 Å². The maximum Gasteiger partial charge on any atom is 0.210 e. The van der Waals surface area contributed by atoms with Crippen molar-refractivity contribution in [3.05, 3.63) is 58.8 Å². The van der Waals surface area contributed by atoms with E-state index in [4.69, 9.17) is 4.74 Å². The van der Waals surface area contributed by atoms with E-state index >= 15 is 0 Å². The van der Waals surface area contributed by atoms with Crippen LogP contribution in [0.4, 0.5) is 4.39 Å². The number of hydrogen-bond acceptors (Lipinski definition) is 4. The Labute approximate surface area is 121 Å². The van der Waals surface area contributed by atoms with Crippen LogP contribution in [0.2, 0.25) is 0 Å². The fraction of sp³-hybridized carbons (Fsp3) is 0.0667. The van der Waals surface area contributed by atoms with E-state index in [9.17, 15) is 17.9 Å². The minimum Gasteiger partial charge on any atom is -0.507 e. The Balaban J connectivity index is 1.85. The summed E-state index contributed by atoms with van der Waals surface area (Å²) in [6.45, 7) is -0.178. The third-order valence-electron chi connectivity index (χ3n) is 3.15. The maximum atomic E-state index is 12.8. The molecule has 0 amide bonds. The van der Waals surface area contributed by atoms with Crippen LogP contribution in [0.3, 0.4) is 0 Å². The lowest BCUT2D eigenvalue weighted by Crippen LogP contribution is -2.09. The van der Waals surface area contributed by atoms with Crippen LogP contribution in [0.25, 0.3) is 6.08 Å². The van der Waals surface area contributed by atoms with Crippen molar-refractivity contribution < 1.29 is 22.7 Å². The van der Waals surface area contributed by atoms with Gasteiger partial charge in [-0.1, -0.05) is 12.1 Å². The number of ether oxygens (including phenoxy) is 1. The molecule has 0 saturated heterocycles. The van der Waals surface area contributed by atoms with Gasteiger partial charge in [0.15, 0.2) is 0 Å². The van der Waals surface area contributed by atoms with Crippen LogP contribution in [-0.2, 0) is 9.84 Å². The van der Waals surface area contributed by atoms with Gasteiger partial charge in [0.25, 0.3) is 0 Å². The molecule has 2 aromatic carbocycles. The molecule has 0 fully saturated rings. The highest BCUT2D eigenvalue weighted by Gasteiger charge is 2.32. The van der Waals surface area contributed by atoms with Crippen molar-refractivity contribution in [2.75, 3.05) is 6.61 Å². The zero-order valence-corrected chi connectivity index (χ0v) is 11.6. The van der Waals surface area contributed by atoms with Crippen molar-refractivity contribution in [1.82, 2.24) is 0 Å². The summed E-state index contributed by atoms with van der Waals surface area (Å²) in [5.41, 5.74) is 0.438. The number of benzene rings is 2. The standard InChI is InChI=1S/C15H11FO4S/c16-11-4-6-12(7-5-11)20-9-13-8-10-2-1-3-14(17)15(10)21(13,18)19/h1-8,17H,9H2. The van der Waals surface area contributed by atoms with Gasteiger partial charge in [-0.15, -0.1) is 0 Å². The summed E-state index contributed by atoms with van der Waals surface area (Å²) >= 11 is 0. The Hall–Kier alpha value is -2.34. The molecule has 0 radical (unpaired) electrons. The molecule has 6 heteroatoms. The molecule has 3 rings (SSSR count). The summed E-state index contributed by atoms with van der Waals surface area (Å²) in [5, 5.41) is 9.71. The van der Waals surface area contributed by atoms with Crippen molar-refractivity contribution in [3.8, 4) is 11.5 Å². The lowest BCUT2D eigenvalue weighted by molar-refractivity contribution is 0.358. The van der Waals surface area contributed by atoms with Gasteiger partial charge in [0.1, 0.15) is 28.8 Å². The molecule has 0 unspecified atom stereocenters. The van der Waals surface area contributed by atoms with Gasteiger partial charge in [-0.25, -0.2) is 12.8 Å². The maximum absolute atomic E-state index is 12.8. The van der Waals surface area contributed by atoms with Crippen LogP contribution >= 0.6 is 0 Å². The number of phenolic OH excluding ortho intramolecular Hbond substituents is 1. The zero-order chi connectivity index (χ0) is 15.0. The summed E-state index contributed by atoms with van der Waals surface area (Å²) in [6, 6.07) is 9.81. The summed E-state index contributed by atoms with van der Waals surface area (Å²) in [4.78, 5) is -0.0361. The van der Waals surface area contributed by atoms with Crippen molar-refractivity contribution >= 4 is 15.9 Å². The van der Waals surface area contributed by atoms with Crippen molar-refractivity contribution in [3.63, 3.8) is 0 Å². The van der Waals surface area contributed by atoms with Crippen LogP contribution in [0.1, 0.15) is 5.56 Å². The highest BCUT2D eigenvalue weighted by Crippen LogP contribution is 2.38. The molecule has 108 valence electrons. The van der Waals surface area contributed by atoms with E-state index in [2.05, 4.69) is 0 Å². The molecular weight excluding hydrogens is 295 g/mol. The second kappa shape index (κ2) is 4.89. The number of phenols is 1. The first-order chi connectivity index (χ1) is 9.98. The fourth-order valence-electron chi connectivity index (χ4n) is 2.14. The zero-order valence-electron chi connectivity index (χ0n) is 10.8. The van der Waals surface area contributed by atoms with Gasteiger partial charge in [0.2, 0.25) is 9.84 Å². The molecular formula is C15H11FO4S. The van der Waals surface area contributed by atoms with Crippen molar-refractivity contribution in [2.24, 2.45) is 0 Å². The molecule has 2 aromatic rings. The SMILES string of the molecule is O=S1(=O)C(COc2ccc(F)cc2)=Cc2cccc(O)c21. The number of aromatic hydroxyl groups is 1. The summed E-state index contributed by atoms with van der Waals surface area (Å²) in [5.74, 6) is -0.305. The Morgan fingerprint density at radius 1 is 1.10 bits per heavy atom. The Morgan fingerprint density at radius 2 is 1.81 bits per heavy atom. The lowest BCUT2D eigenvalue weighted by Gasteiger charge is -2.07. The van der Waals surface area contributed by atoms with E-state index in [1.165, 1.54) is 36.4 Å². The van der Waals surface area contributed by atoms with Crippen LogP contribution < -0.4 is 4.74 Å². The van der Waals surface area contributed by atoms with Crippen LogP contribution in [0.15, 0.2) is 52.3 Å². The molecule has 21 heavy (non-hydrogen) atoms. The quantitative estimate of drug-likeness (QED) is 0.947. The highest BCUT2D eigenvalue weighted by molar-refractivity contribution is 7.96. The van der Waals surface area contributed by atoms with E-state index in [0.29, 0.717) is 11.3 Å². The van der Waals surface area contributed by atoms with Crippen molar-refractivity contribution in [1.29, 1.82) is 0 Å². The number of hydrogen-bond donors (Lipinski definition) is 1. The van der Waals surface area contributed by atoms with Crippen LogP contribution in [-0.4, -0.2) is 20.1 Å². The molecule has 1 aliphatic rings. The number of halogens is 1. The number of rotatable bonds is 3. The van der Waals surface area contributed by atoms with Gasteiger partial charge in [-0.3, -0.25) is 0 Å². The lowest BCUT2D eigenvalue weighted by atomic mass is 10.2. The van der Waals surface area contributed by atoms with Gasteiger partial charge in [-0.2, -0.15) is 0 Å². The molecule has 1 aliphatic heterocycles. The first-order valence-electron chi connectivity index (χ1n) is 6.14. The van der Waals surface area contributed by atoms with E-state index in [0.717, 1.165) is 0 Å². The smallest absolute Gasteiger partial charge is 0.210 e. The van der Waals surface area contributed by atoms with Gasteiger partial charge in [0.05, 0.1) is 4.91 Å². The summed E-state index contributed by atoms with van der Waals surface area (Å²) in [7, 11) is -3.74. The number of sulfone groups is 1. The van der Waals surface area contributed by atoms with E-state index < -0.39 is 15.7 Å². The van der Waals surface area contributed by atoms with Gasteiger partial charge in [0, 0.05) is 0 Å². The largest absolute Gasteiger partial charge is 0.507 e. The molecule has 0 spiro atoms. The molecule has 0 bridgehead atoms. The van der Waals surface area contributed by atoms with Gasteiger partial charge < -0.3 is 9.84 Å². The molecule has 0 saturated carbocycles. The third-order valence-corrected chi connectivity index (χ3v) is 5.06. The molecule has 0 aliphatic carbocycles. The monoisotopic (exact) mass is 306 g/mol. The normalized spacial score (nSPS) is 15.4. The van der Waals surface area contributed by atoms with E-state index in [-0.39, 0.29) is 22.2 Å². The number of fused-ring (bicyclic) bond motifs is 1. The summed E-state index contributed by atoms with van der Waals surface area (Å²) in [6.07, 6.45) is 1.47. The van der Waals surface area contributed by atoms with E-state index in [1.54, 1.807) is 12.1 Å². The fourth-order valence-corrected chi connectivity index (χ4v) is 3.67. The van der Waals surface area contributed by atoms with E-state index in [1.807, 2.05) is 0 Å². The Morgan fingerprint density at radius 3 is 2.48 bits per heavy atom. The minimum absolute atomic E-state index is 0.0586. The molecule has 1 N–H and O–H groups in total. The first kappa shape index (κ1) is 13.6. The summed E-state index contributed by atoms with van der Waals surface area (Å²) < 4.78 is 42.8. The first-order valence-corrected chi connectivity index (χ1v) is 7.63. The molecule has 4 nitrogen and oxygen atoms in total. The van der Waals surface area contributed by atoms with Crippen molar-refractivity contribution in [2.45, 2.75) is 4.90 Å². The molecule has 0 aromatic heterocycles. The molecule has 0 atom stereocenters. The van der Waals surface area contributed by atoms with Crippen LogP contribution in [0, 0.1) is 5.82 Å². The Kier molecular flexibility index (Phi) is 3.17. The topological polar surface area (TPSA) is 63.6 Å². The average Bonchev–Trinajstić information content (AvgIpc) is 2.70. The second-order valence-electron chi connectivity index (χ2n) is 4.55. The van der Waals surface area contributed by atoms with Gasteiger partial charge >= 0.3 is 0 Å². The third kappa shape index (κ3) is 2.38. The average molecular weight is 306 g/mol. The predicted octanol–water partition coefficient (Wildman–Crippen LogP) is 2.74. The minimum atomic E-state index is -3.74. The molecule has 1 heterocycles. The predicted molar refractivity (Wildman–Crippen MR) is 75.2 cm³/mol. The highest BCUT2D eigenvalue weighted by atomic mass is 32.2.